The van der Waals surface area contributed by atoms with Crippen LogP contribution in [0.25, 0.3) is 0 Å². The minimum Gasteiger partial charge on any atom is -0.388 e. The number of rotatable bonds is 5. The van der Waals surface area contributed by atoms with Crippen LogP contribution in [-0.2, 0) is 9.53 Å². The Balaban J connectivity index is 1.16. The van der Waals surface area contributed by atoms with Crippen molar-refractivity contribution in [3.63, 3.8) is 0 Å². The Morgan fingerprint density at radius 3 is 2.36 bits per heavy atom. The van der Waals surface area contributed by atoms with Gasteiger partial charge in [0, 0.05) is 58.2 Å². The van der Waals surface area contributed by atoms with Gasteiger partial charge in [0.15, 0.2) is 0 Å². The Kier molecular flexibility index (Phi) is 5.35. The van der Waals surface area contributed by atoms with E-state index in [-0.39, 0.29) is 5.92 Å². The van der Waals surface area contributed by atoms with Crippen LogP contribution in [0, 0.1) is 23.7 Å². The second kappa shape index (κ2) is 7.53. The van der Waals surface area contributed by atoms with Crippen molar-refractivity contribution in [1.29, 1.82) is 0 Å². The third kappa shape index (κ3) is 4.20. The van der Waals surface area contributed by atoms with E-state index in [2.05, 4.69) is 10.2 Å². The fraction of sp³-hybridized carbons (Fsp3) is 0.950. The Morgan fingerprint density at radius 1 is 1.08 bits per heavy atom. The van der Waals surface area contributed by atoms with Crippen LogP contribution in [0.15, 0.2) is 0 Å². The van der Waals surface area contributed by atoms with Crippen molar-refractivity contribution >= 4 is 5.91 Å². The molecule has 1 amide bonds. The average molecular weight is 351 g/mol. The average Bonchev–Trinajstić information content (AvgIpc) is 3.19. The topological polar surface area (TPSA) is 61.8 Å². The minimum absolute atomic E-state index is 0.264. The Morgan fingerprint density at radius 2 is 1.72 bits per heavy atom. The Bertz CT molecular complexity index is 458. The smallest absolute Gasteiger partial charge is 0.223 e. The third-order valence-electron chi connectivity index (χ3n) is 7.13. The lowest BCUT2D eigenvalue weighted by Gasteiger charge is -2.36. The molecule has 5 nitrogen and oxygen atoms in total. The molecule has 2 atom stereocenters. The number of piperidine rings is 1. The predicted octanol–water partition coefficient (Wildman–Crippen LogP) is 1.79. The number of amides is 1. The second-order valence-electron chi connectivity index (χ2n) is 8.96. The molecule has 0 aromatic carbocycles. The van der Waals surface area contributed by atoms with Gasteiger partial charge in [-0.05, 0) is 30.6 Å². The zero-order chi connectivity index (χ0) is 17.3. The first-order chi connectivity index (χ1) is 12.1. The van der Waals surface area contributed by atoms with Gasteiger partial charge in [-0.15, -0.1) is 0 Å². The molecule has 2 N–H and O–H groups in total. The van der Waals surface area contributed by atoms with Gasteiger partial charge in [0.2, 0.25) is 5.91 Å². The van der Waals surface area contributed by atoms with Gasteiger partial charge in [-0.2, -0.15) is 0 Å². The maximum Gasteiger partial charge on any atom is 0.223 e. The Hall–Kier alpha value is -0.650. The van der Waals surface area contributed by atoms with Crippen molar-refractivity contribution in [1.82, 2.24) is 10.2 Å². The molecule has 2 aliphatic carbocycles. The second-order valence-corrected chi connectivity index (χ2v) is 8.96. The number of carbonyl (C=O) groups excluding carboxylic acids is 1. The summed E-state index contributed by atoms with van der Waals surface area (Å²) in [6.07, 6.45) is 8.72. The lowest BCUT2D eigenvalue weighted by molar-refractivity contribution is -0.125. The van der Waals surface area contributed by atoms with Crippen molar-refractivity contribution in [3.8, 4) is 0 Å². The van der Waals surface area contributed by atoms with Crippen LogP contribution < -0.4 is 5.32 Å². The molecule has 0 spiro atoms. The maximum absolute atomic E-state index is 12.4. The van der Waals surface area contributed by atoms with Crippen LogP contribution in [0.2, 0.25) is 0 Å². The first-order valence-corrected chi connectivity index (χ1v) is 10.4. The first-order valence-electron chi connectivity index (χ1n) is 10.4. The van der Waals surface area contributed by atoms with Gasteiger partial charge >= 0.3 is 0 Å². The third-order valence-corrected chi connectivity index (χ3v) is 7.13. The van der Waals surface area contributed by atoms with Crippen LogP contribution in [0.5, 0.6) is 0 Å². The first kappa shape index (κ1) is 17.7. The lowest BCUT2D eigenvalue weighted by atomic mass is 9.93. The molecule has 4 rings (SSSR count). The van der Waals surface area contributed by atoms with Crippen molar-refractivity contribution in [2.24, 2.45) is 23.7 Å². The standard InChI is InChI=1S/C20H34N2O3/c23-19(15-5-3-1-2-4-6-15)21-11-16-17-12-22(13-18(16)17)14-20(24)7-9-25-10-8-20/h15-18,24H,1-14H2,(H,21,23). The van der Waals surface area contributed by atoms with Crippen LogP contribution in [0.4, 0.5) is 0 Å². The van der Waals surface area contributed by atoms with Gasteiger partial charge in [-0.3, -0.25) is 9.69 Å². The van der Waals surface area contributed by atoms with Crippen LogP contribution >= 0.6 is 0 Å². The molecular weight excluding hydrogens is 316 g/mol. The normalized spacial score (nSPS) is 35.8. The molecule has 2 heterocycles. The number of carbonyl (C=O) groups is 1. The molecular formula is C20H34N2O3. The summed E-state index contributed by atoms with van der Waals surface area (Å²) in [5.74, 6) is 2.71. The van der Waals surface area contributed by atoms with Crippen molar-refractivity contribution < 1.29 is 14.6 Å². The SMILES string of the molecule is O=C(NCC1C2CN(CC3(O)CCOCC3)CC12)C1CCCCCC1. The van der Waals surface area contributed by atoms with E-state index >= 15 is 0 Å². The van der Waals surface area contributed by atoms with Crippen molar-refractivity contribution in [2.45, 2.75) is 57.0 Å². The number of likely N-dealkylation sites (tertiary alicyclic amines) is 1. The van der Waals surface area contributed by atoms with Crippen molar-refractivity contribution in [3.05, 3.63) is 0 Å². The Labute approximate surface area is 151 Å². The molecule has 2 unspecified atom stereocenters. The predicted molar refractivity (Wildman–Crippen MR) is 96.1 cm³/mol. The molecule has 2 saturated heterocycles. The summed E-state index contributed by atoms with van der Waals surface area (Å²) >= 11 is 0. The van der Waals surface area contributed by atoms with Gasteiger partial charge in [0.25, 0.3) is 0 Å². The van der Waals surface area contributed by atoms with E-state index in [4.69, 9.17) is 4.74 Å². The van der Waals surface area contributed by atoms with Gasteiger partial charge < -0.3 is 15.2 Å². The summed E-state index contributed by atoms with van der Waals surface area (Å²) in [6.45, 7) is 5.23. The molecule has 2 aliphatic heterocycles. The molecule has 0 aromatic rings. The van der Waals surface area contributed by atoms with Crippen LogP contribution in [0.3, 0.4) is 0 Å². The molecule has 25 heavy (non-hydrogen) atoms. The highest BCUT2D eigenvalue weighted by atomic mass is 16.5. The van der Waals surface area contributed by atoms with E-state index in [1.807, 2.05) is 0 Å². The molecule has 4 aliphatic rings. The zero-order valence-electron chi connectivity index (χ0n) is 15.4. The van der Waals surface area contributed by atoms with Crippen LogP contribution in [0.1, 0.15) is 51.4 Å². The highest BCUT2D eigenvalue weighted by Gasteiger charge is 2.56. The number of fused-ring (bicyclic) bond motifs is 1. The summed E-state index contributed by atoms with van der Waals surface area (Å²) in [5, 5.41) is 13.9. The molecule has 142 valence electrons. The quantitative estimate of drug-likeness (QED) is 0.742. The molecule has 0 bridgehead atoms. The van der Waals surface area contributed by atoms with E-state index in [0.717, 1.165) is 63.7 Å². The van der Waals surface area contributed by atoms with Gasteiger partial charge in [-0.25, -0.2) is 0 Å². The van der Waals surface area contributed by atoms with E-state index in [1.54, 1.807) is 0 Å². The van der Waals surface area contributed by atoms with Crippen molar-refractivity contribution in [2.75, 3.05) is 39.4 Å². The van der Waals surface area contributed by atoms with E-state index in [0.29, 0.717) is 25.0 Å². The number of hydrogen-bond donors (Lipinski definition) is 2. The molecule has 5 heteroatoms. The molecule has 2 saturated carbocycles. The minimum atomic E-state index is -0.543. The number of nitrogens with zero attached hydrogens (tertiary/aromatic N) is 1. The van der Waals surface area contributed by atoms with E-state index < -0.39 is 5.60 Å². The molecule has 4 fully saturated rings. The molecule has 0 aromatic heterocycles. The van der Waals surface area contributed by atoms with E-state index in [9.17, 15) is 9.90 Å². The summed E-state index contributed by atoms with van der Waals surface area (Å²) in [4.78, 5) is 14.8. The summed E-state index contributed by atoms with van der Waals surface area (Å²) in [5.41, 5.74) is -0.543. The fourth-order valence-electron chi connectivity index (χ4n) is 5.40. The summed E-state index contributed by atoms with van der Waals surface area (Å²) in [7, 11) is 0. The zero-order valence-corrected chi connectivity index (χ0v) is 15.4. The number of β-amino-alcohol motifs (C(OH)–C–C–N with tert-alkyl or cyclic N) is 1. The van der Waals surface area contributed by atoms with Crippen LogP contribution in [-0.4, -0.2) is 60.9 Å². The number of aliphatic hydroxyl groups is 1. The number of hydrogen-bond acceptors (Lipinski definition) is 4. The van der Waals surface area contributed by atoms with Gasteiger partial charge in [0.05, 0.1) is 5.60 Å². The number of ether oxygens (including phenoxy) is 1. The monoisotopic (exact) mass is 350 g/mol. The highest BCUT2D eigenvalue weighted by molar-refractivity contribution is 5.78. The molecule has 0 radical (unpaired) electrons. The largest absolute Gasteiger partial charge is 0.388 e. The summed E-state index contributed by atoms with van der Waals surface area (Å²) < 4.78 is 5.37. The lowest BCUT2D eigenvalue weighted by Crippen LogP contribution is -2.47. The maximum atomic E-state index is 12.4. The van der Waals surface area contributed by atoms with Gasteiger partial charge in [0.1, 0.15) is 0 Å². The van der Waals surface area contributed by atoms with Gasteiger partial charge in [-0.1, -0.05) is 25.7 Å². The number of nitrogens with one attached hydrogen (secondary N) is 1. The van der Waals surface area contributed by atoms with E-state index in [1.165, 1.54) is 25.7 Å². The highest BCUT2D eigenvalue weighted by Crippen LogP contribution is 2.51. The fourth-order valence-corrected chi connectivity index (χ4v) is 5.40. The summed E-state index contributed by atoms with van der Waals surface area (Å²) in [6, 6.07) is 0.